The maximum Gasteiger partial charge on any atom is 0.341 e. The molecule has 1 aromatic carbocycles. The highest BCUT2D eigenvalue weighted by Crippen LogP contribution is 2.13. The highest BCUT2D eigenvalue weighted by atomic mass is 35.5. The van der Waals surface area contributed by atoms with Gasteiger partial charge in [-0.05, 0) is 12.1 Å². The van der Waals surface area contributed by atoms with Crippen molar-refractivity contribution in [3.63, 3.8) is 0 Å². The van der Waals surface area contributed by atoms with E-state index in [0.717, 1.165) is 0 Å². The Morgan fingerprint density at radius 1 is 1.54 bits per heavy atom. The van der Waals surface area contributed by atoms with Crippen molar-refractivity contribution in [2.45, 2.75) is 0 Å². The number of hydrogen-bond donors (Lipinski definition) is 2. The first-order valence-corrected chi connectivity index (χ1v) is 3.38. The fourth-order valence-corrected chi connectivity index (χ4v) is 0.749. The summed E-state index contributed by atoms with van der Waals surface area (Å²) in [5.41, 5.74) is 5.99. The molecular weight excluding hydrogens is 194 g/mol. The number of carboxylic acid groups (broad SMARTS) is 1. The summed E-state index contributed by atoms with van der Waals surface area (Å²) < 4.78 is 4.87. The molecule has 0 unspecified atom stereocenters. The van der Waals surface area contributed by atoms with Gasteiger partial charge in [-0.3, -0.25) is 0 Å². The lowest BCUT2D eigenvalue weighted by molar-refractivity contribution is -0.139. The summed E-state index contributed by atoms with van der Waals surface area (Å²) in [6.07, 6.45) is 0. The fraction of sp³-hybridized carbons (Fsp3) is 0.125. The van der Waals surface area contributed by atoms with Gasteiger partial charge in [-0.2, -0.15) is 0 Å². The number of carboxylic acids is 1. The van der Waals surface area contributed by atoms with Crippen molar-refractivity contribution in [1.29, 1.82) is 0 Å². The zero-order chi connectivity index (χ0) is 8.97. The van der Waals surface area contributed by atoms with Gasteiger partial charge in [-0.15, -0.1) is 12.4 Å². The van der Waals surface area contributed by atoms with E-state index < -0.39 is 5.97 Å². The van der Waals surface area contributed by atoms with Gasteiger partial charge in [0.05, 0.1) is 0 Å². The second kappa shape index (κ2) is 5.27. The average Bonchev–Trinajstić information content (AvgIpc) is 2.01. The van der Waals surface area contributed by atoms with E-state index in [1.807, 2.05) is 0 Å². The number of nitrogens with two attached hydrogens (primary N) is 1. The summed E-state index contributed by atoms with van der Waals surface area (Å²) >= 11 is 0. The molecule has 72 valence electrons. The zero-order valence-electron chi connectivity index (χ0n) is 6.77. The minimum atomic E-state index is -1.00. The predicted octanol–water partition coefficient (Wildman–Crippen LogP) is 1.15. The van der Waals surface area contributed by atoms with Gasteiger partial charge >= 0.3 is 5.97 Å². The Bertz CT molecular complexity index is 290. The van der Waals surface area contributed by atoms with Gasteiger partial charge in [0.25, 0.3) is 0 Å². The molecule has 0 saturated carbocycles. The summed E-state index contributed by atoms with van der Waals surface area (Å²) in [5, 5.41) is 8.29. The first-order valence-electron chi connectivity index (χ1n) is 3.38. The van der Waals surface area contributed by atoms with Crippen LogP contribution in [0.2, 0.25) is 0 Å². The SMILES string of the molecule is Cl.Nc1cccc(OCC(=O)O)c1. The Morgan fingerprint density at radius 2 is 2.23 bits per heavy atom. The van der Waals surface area contributed by atoms with Crippen LogP contribution in [0.15, 0.2) is 24.3 Å². The van der Waals surface area contributed by atoms with E-state index in [2.05, 4.69) is 0 Å². The van der Waals surface area contributed by atoms with Gasteiger partial charge in [0.1, 0.15) is 5.75 Å². The molecule has 0 heterocycles. The van der Waals surface area contributed by atoms with E-state index in [1.54, 1.807) is 24.3 Å². The number of halogens is 1. The number of rotatable bonds is 3. The molecule has 0 aromatic heterocycles. The number of benzene rings is 1. The molecule has 5 heteroatoms. The van der Waals surface area contributed by atoms with Crippen LogP contribution in [-0.2, 0) is 4.79 Å². The Hall–Kier alpha value is -1.42. The molecule has 1 rings (SSSR count). The van der Waals surface area contributed by atoms with Crippen LogP contribution in [0.5, 0.6) is 5.75 Å². The van der Waals surface area contributed by atoms with Crippen LogP contribution in [0.4, 0.5) is 5.69 Å². The van der Waals surface area contributed by atoms with Crippen LogP contribution in [0.1, 0.15) is 0 Å². The zero-order valence-corrected chi connectivity index (χ0v) is 7.58. The molecule has 0 aliphatic heterocycles. The topological polar surface area (TPSA) is 72.5 Å². The smallest absolute Gasteiger partial charge is 0.341 e. The Balaban J connectivity index is 0.00000144. The van der Waals surface area contributed by atoms with E-state index in [-0.39, 0.29) is 19.0 Å². The summed E-state index contributed by atoms with van der Waals surface area (Å²) in [6, 6.07) is 6.63. The highest BCUT2D eigenvalue weighted by molar-refractivity contribution is 5.85. The van der Waals surface area contributed by atoms with Gasteiger partial charge in [0.15, 0.2) is 6.61 Å². The summed E-state index contributed by atoms with van der Waals surface area (Å²) in [6.45, 7) is -0.344. The minimum Gasteiger partial charge on any atom is -0.482 e. The van der Waals surface area contributed by atoms with Crippen LogP contribution in [0.25, 0.3) is 0 Å². The van der Waals surface area contributed by atoms with Crippen LogP contribution < -0.4 is 10.5 Å². The lowest BCUT2D eigenvalue weighted by Gasteiger charge is -2.02. The standard InChI is InChI=1S/C8H9NO3.ClH/c9-6-2-1-3-7(4-6)12-5-8(10)11;/h1-4H,5,9H2,(H,10,11);1H. The maximum atomic E-state index is 10.1. The minimum absolute atomic E-state index is 0. The van der Waals surface area contributed by atoms with E-state index in [4.69, 9.17) is 15.6 Å². The molecule has 4 nitrogen and oxygen atoms in total. The molecule has 3 N–H and O–H groups in total. The third kappa shape index (κ3) is 4.22. The van der Waals surface area contributed by atoms with Crippen LogP contribution in [0, 0.1) is 0 Å². The maximum absolute atomic E-state index is 10.1. The average molecular weight is 204 g/mol. The number of nitrogen functional groups attached to an aromatic ring is 1. The van der Waals surface area contributed by atoms with Crippen molar-refractivity contribution < 1.29 is 14.6 Å². The molecule has 0 aliphatic carbocycles. The molecule has 0 aliphatic rings. The van der Waals surface area contributed by atoms with E-state index >= 15 is 0 Å². The molecule has 1 aromatic rings. The molecule has 0 saturated heterocycles. The van der Waals surface area contributed by atoms with Gasteiger partial charge in [-0.25, -0.2) is 4.79 Å². The van der Waals surface area contributed by atoms with Crippen molar-refractivity contribution in [2.24, 2.45) is 0 Å². The van der Waals surface area contributed by atoms with Crippen LogP contribution in [-0.4, -0.2) is 17.7 Å². The third-order valence-corrected chi connectivity index (χ3v) is 1.22. The molecule has 0 radical (unpaired) electrons. The molecule has 0 bridgehead atoms. The van der Waals surface area contributed by atoms with Crippen molar-refractivity contribution in [1.82, 2.24) is 0 Å². The van der Waals surface area contributed by atoms with Crippen molar-refractivity contribution in [2.75, 3.05) is 12.3 Å². The monoisotopic (exact) mass is 203 g/mol. The quantitative estimate of drug-likeness (QED) is 0.723. The highest BCUT2D eigenvalue weighted by Gasteiger charge is 1.98. The Morgan fingerprint density at radius 3 is 2.77 bits per heavy atom. The van der Waals surface area contributed by atoms with Crippen molar-refractivity contribution in [3.8, 4) is 5.75 Å². The van der Waals surface area contributed by atoms with E-state index in [0.29, 0.717) is 11.4 Å². The van der Waals surface area contributed by atoms with Gasteiger partial charge < -0.3 is 15.6 Å². The summed E-state index contributed by atoms with van der Waals surface area (Å²) in [5.74, 6) is -0.533. The van der Waals surface area contributed by atoms with Crippen LogP contribution in [0.3, 0.4) is 0 Å². The van der Waals surface area contributed by atoms with E-state index in [9.17, 15) is 4.79 Å². The van der Waals surface area contributed by atoms with Gasteiger partial charge in [0.2, 0.25) is 0 Å². The van der Waals surface area contributed by atoms with Gasteiger partial charge in [0, 0.05) is 11.8 Å². The number of carbonyl (C=O) groups is 1. The molecule has 0 atom stereocenters. The molecule has 0 amide bonds. The largest absolute Gasteiger partial charge is 0.482 e. The first-order chi connectivity index (χ1) is 5.68. The number of anilines is 1. The Labute approximate surface area is 81.7 Å². The van der Waals surface area contributed by atoms with Crippen molar-refractivity contribution >= 4 is 24.1 Å². The normalized spacial score (nSPS) is 8.62. The fourth-order valence-electron chi connectivity index (χ4n) is 0.749. The Kier molecular flexibility index (Phi) is 4.69. The first kappa shape index (κ1) is 11.6. The molecular formula is C8H10ClNO3. The predicted molar refractivity (Wildman–Crippen MR) is 51.2 cm³/mol. The summed E-state index contributed by atoms with van der Waals surface area (Å²) in [4.78, 5) is 10.1. The van der Waals surface area contributed by atoms with Gasteiger partial charge in [-0.1, -0.05) is 6.07 Å². The second-order valence-electron chi connectivity index (χ2n) is 2.25. The molecule has 0 spiro atoms. The van der Waals surface area contributed by atoms with Crippen molar-refractivity contribution in [3.05, 3.63) is 24.3 Å². The number of hydrogen-bond acceptors (Lipinski definition) is 3. The number of ether oxygens (including phenoxy) is 1. The third-order valence-electron chi connectivity index (χ3n) is 1.22. The second-order valence-corrected chi connectivity index (χ2v) is 2.25. The van der Waals surface area contributed by atoms with Crippen LogP contribution >= 0.6 is 12.4 Å². The lowest BCUT2D eigenvalue weighted by Crippen LogP contribution is -2.09. The lowest BCUT2D eigenvalue weighted by atomic mass is 10.3. The van der Waals surface area contributed by atoms with E-state index in [1.165, 1.54) is 0 Å². The molecule has 13 heavy (non-hydrogen) atoms. The number of aliphatic carboxylic acids is 1. The summed E-state index contributed by atoms with van der Waals surface area (Å²) in [7, 11) is 0. The molecule has 0 fully saturated rings.